The van der Waals surface area contributed by atoms with E-state index in [1.165, 1.54) is 24.3 Å². The Hall–Kier alpha value is -4.41. The minimum Gasteiger partial charge on any atom is -0.322 e. The zero-order valence-corrected chi connectivity index (χ0v) is 20.4. The van der Waals surface area contributed by atoms with Crippen LogP contribution in [0.15, 0.2) is 84.3 Å². The molecule has 38 heavy (non-hydrogen) atoms. The van der Waals surface area contributed by atoms with E-state index in [0.717, 1.165) is 11.6 Å². The van der Waals surface area contributed by atoms with Gasteiger partial charge in [-0.1, -0.05) is 31.0 Å². The lowest BCUT2D eigenvalue weighted by Gasteiger charge is -2.40. The van der Waals surface area contributed by atoms with Crippen LogP contribution < -0.4 is 5.32 Å². The Morgan fingerprint density at radius 3 is 2.50 bits per heavy atom. The molecule has 5 aromatic rings. The fraction of sp³-hybridized carbons (Fsp3) is 0. The highest BCUT2D eigenvalue weighted by Crippen LogP contribution is 3.02. The first-order valence-electron chi connectivity index (χ1n) is 10.6. The van der Waals surface area contributed by atoms with Gasteiger partial charge in [-0.3, -0.25) is 14.3 Å². The molecule has 0 fully saturated rings. The molecule has 3 heterocycles. The van der Waals surface area contributed by atoms with Crippen molar-refractivity contribution >= 4 is 39.1 Å². The summed E-state index contributed by atoms with van der Waals surface area (Å²) in [6.07, 6.45) is 6.62. The first-order chi connectivity index (χ1) is 17.7. The molecule has 0 unspecified atom stereocenters. The van der Waals surface area contributed by atoms with Crippen molar-refractivity contribution in [1.29, 1.82) is 5.26 Å². The molecule has 14 heteroatoms. The number of rotatable bonds is 5. The molecule has 194 valence electrons. The summed E-state index contributed by atoms with van der Waals surface area (Å²) in [5, 5.41) is 16.2. The summed E-state index contributed by atoms with van der Waals surface area (Å²) < 4.78 is 70.1. The zero-order chi connectivity index (χ0) is 27.4. The number of nitriles is 1. The Balaban J connectivity index is 1.50. The number of benzene rings is 2. The van der Waals surface area contributed by atoms with Crippen LogP contribution in [0.5, 0.6) is 0 Å². The summed E-state index contributed by atoms with van der Waals surface area (Å²) in [7, 11) is -10.1. The van der Waals surface area contributed by atoms with Crippen LogP contribution in [0.1, 0.15) is 15.9 Å². The maximum atomic E-state index is 13.4. The highest BCUT2D eigenvalue weighted by molar-refractivity contribution is 8.45. The van der Waals surface area contributed by atoms with Crippen LogP contribution in [0.3, 0.4) is 0 Å². The minimum atomic E-state index is -10.1. The number of carbonyl (C=O) groups is 1. The van der Waals surface area contributed by atoms with Crippen molar-refractivity contribution in [2.75, 3.05) is 5.32 Å². The maximum absolute atomic E-state index is 13.4. The quantitative estimate of drug-likeness (QED) is 0.222. The van der Waals surface area contributed by atoms with Crippen molar-refractivity contribution in [3.63, 3.8) is 0 Å². The van der Waals surface area contributed by atoms with Crippen LogP contribution in [0.25, 0.3) is 22.6 Å². The Labute approximate surface area is 216 Å². The summed E-state index contributed by atoms with van der Waals surface area (Å²) in [4.78, 5) is 14.5. The van der Waals surface area contributed by atoms with Crippen LogP contribution in [-0.2, 0) is 0 Å². The molecule has 0 saturated carbocycles. The number of hydrogen-bond donors (Lipinski definition) is 1. The van der Waals surface area contributed by atoms with Crippen LogP contribution in [0, 0.1) is 11.3 Å². The second-order valence-electron chi connectivity index (χ2n) is 8.19. The summed E-state index contributed by atoms with van der Waals surface area (Å²) in [6, 6.07) is 11.9. The van der Waals surface area contributed by atoms with Crippen molar-refractivity contribution in [2.24, 2.45) is 0 Å². The van der Waals surface area contributed by atoms with Gasteiger partial charge in [0.05, 0.1) is 28.0 Å². The van der Waals surface area contributed by atoms with Gasteiger partial charge >= 0.3 is 10.2 Å². The summed E-state index contributed by atoms with van der Waals surface area (Å²) in [5.74, 6) is -1.13. The molecule has 5 rings (SSSR count). The van der Waals surface area contributed by atoms with E-state index < -0.39 is 32.2 Å². The van der Waals surface area contributed by atoms with Crippen LogP contribution in [0.4, 0.5) is 25.1 Å². The average Bonchev–Trinajstić information content (AvgIpc) is 3.45. The largest absolute Gasteiger partial charge is 0.322 e. The van der Waals surface area contributed by atoms with E-state index in [1.807, 2.05) is 6.07 Å². The van der Waals surface area contributed by atoms with Crippen molar-refractivity contribution in [3.05, 3.63) is 95.5 Å². The molecule has 0 saturated heterocycles. The van der Waals surface area contributed by atoms with Crippen LogP contribution >= 0.6 is 21.8 Å². The van der Waals surface area contributed by atoms with E-state index in [0.29, 0.717) is 17.0 Å². The Bertz CT molecular complexity index is 1780. The highest BCUT2D eigenvalue weighted by Gasteiger charge is 2.65. The molecular formula is C24H14ClF5N6OS. The molecule has 0 atom stereocenters. The van der Waals surface area contributed by atoms with E-state index in [-0.39, 0.29) is 22.8 Å². The van der Waals surface area contributed by atoms with Gasteiger partial charge in [-0.25, -0.2) is 4.52 Å². The molecule has 1 amide bonds. The predicted molar refractivity (Wildman–Crippen MR) is 133 cm³/mol. The van der Waals surface area contributed by atoms with E-state index in [9.17, 15) is 24.2 Å². The predicted octanol–water partition coefficient (Wildman–Crippen LogP) is 7.62. The Morgan fingerprint density at radius 2 is 1.82 bits per heavy atom. The van der Waals surface area contributed by atoms with Gasteiger partial charge in [0.25, 0.3) is 5.91 Å². The summed E-state index contributed by atoms with van der Waals surface area (Å²) >= 11 is 6.39. The highest BCUT2D eigenvalue weighted by atomic mass is 35.5. The molecule has 0 aliphatic carbocycles. The molecule has 1 N–H and O–H groups in total. The number of hydrogen-bond acceptors (Lipinski definition) is 4. The molecule has 0 aliphatic heterocycles. The number of nitrogens with one attached hydrogen (secondary N) is 1. The van der Waals surface area contributed by atoms with Gasteiger partial charge in [0.15, 0.2) is 0 Å². The molecule has 0 aliphatic rings. The Morgan fingerprint density at radius 1 is 1.03 bits per heavy atom. The van der Waals surface area contributed by atoms with Crippen molar-refractivity contribution < 1.29 is 24.2 Å². The standard InChI is InChI=1S/C24H14ClF5N6OS/c25-20-4-3-18(33-24(37)17-8-15(13-31)9-19(10-17)38(26,27,28,29)30)11-22(20)35-6-7-36-23(35)12-21(34-36)16-2-1-5-32-14-16/h1-12,14H,(H,33,37). The number of anilines is 1. The first kappa shape index (κ1) is 25.2. The number of nitrogens with zero attached hydrogens (tertiary/aromatic N) is 5. The van der Waals surface area contributed by atoms with Crippen LogP contribution in [0.2, 0.25) is 5.02 Å². The van der Waals surface area contributed by atoms with Crippen molar-refractivity contribution in [1.82, 2.24) is 19.2 Å². The van der Waals surface area contributed by atoms with Crippen molar-refractivity contribution in [3.8, 4) is 23.0 Å². The lowest BCUT2D eigenvalue weighted by molar-refractivity contribution is 0.102. The lowest BCUT2D eigenvalue weighted by Crippen LogP contribution is -2.14. The topological polar surface area (TPSA) is 88.0 Å². The fourth-order valence-corrected chi connectivity index (χ4v) is 4.64. The smallest absolute Gasteiger partial charge is 0.310 e. The lowest BCUT2D eigenvalue weighted by atomic mass is 10.1. The third kappa shape index (κ3) is 4.91. The van der Waals surface area contributed by atoms with Gasteiger partial charge in [0.2, 0.25) is 0 Å². The second-order valence-corrected chi connectivity index (χ2v) is 11.0. The summed E-state index contributed by atoms with van der Waals surface area (Å²) in [5.41, 5.74) is 1.04. The van der Waals surface area contributed by atoms with Gasteiger partial charge in [0.1, 0.15) is 10.5 Å². The van der Waals surface area contributed by atoms with E-state index in [2.05, 4.69) is 15.4 Å². The van der Waals surface area contributed by atoms with Gasteiger partial charge in [-0.15, -0.1) is 0 Å². The molecule has 2 aromatic carbocycles. The molecule has 3 aromatic heterocycles. The van der Waals surface area contributed by atoms with Crippen LogP contribution in [-0.4, -0.2) is 25.1 Å². The average molecular weight is 565 g/mol. The molecule has 0 bridgehead atoms. The molecule has 7 nitrogen and oxygen atoms in total. The van der Waals surface area contributed by atoms with Gasteiger partial charge in [-0.2, -0.15) is 10.4 Å². The maximum Gasteiger partial charge on any atom is 0.310 e. The first-order valence-corrected chi connectivity index (χ1v) is 12.9. The van der Waals surface area contributed by atoms with Crippen molar-refractivity contribution in [2.45, 2.75) is 4.90 Å². The minimum absolute atomic E-state index is 0.0152. The van der Waals surface area contributed by atoms with E-state index in [4.69, 9.17) is 16.9 Å². The van der Waals surface area contributed by atoms with Gasteiger partial charge < -0.3 is 5.32 Å². The number of halogens is 6. The number of amides is 1. The molecular weight excluding hydrogens is 551 g/mol. The third-order valence-corrected chi connectivity index (χ3v) is 6.93. The zero-order valence-electron chi connectivity index (χ0n) is 18.8. The fourth-order valence-electron chi connectivity index (χ4n) is 3.74. The van der Waals surface area contributed by atoms with E-state index >= 15 is 0 Å². The monoisotopic (exact) mass is 564 g/mol. The Kier molecular flexibility index (Phi) is 5.34. The SMILES string of the molecule is N#Cc1cc(C(=O)Nc2ccc(Cl)c(-n3ccn4nc(-c5cccnc5)cc34)c2)cc(S(F)(F)(F)(F)F)c1. The van der Waals surface area contributed by atoms with E-state index in [1.54, 1.807) is 46.0 Å². The number of aromatic nitrogens is 4. The number of carbonyl (C=O) groups excluding carboxylic acids is 1. The molecule has 0 radical (unpaired) electrons. The molecule has 0 spiro atoms. The van der Waals surface area contributed by atoms with Gasteiger partial charge in [-0.05, 0) is 48.5 Å². The summed E-state index contributed by atoms with van der Waals surface area (Å²) in [6.45, 7) is 0. The van der Waals surface area contributed by atoms with Gasteiger partial charge in [0, 0.05) is 47.7 Å². The number of fused-ring (bicyclic) bond motifs is 1. The second kappa shape index (κ2) is 8.04. The number of pyridine rings is 1. The normalized spacial score (nSPS) is 13.5. The third-order valence-electron chi connectivity index (χ3n) is 5.48. The number of imidazole rings is 1.